The molecule has 0 unspecified atom stereocenters. The molecular weight excluding hydrogens is 374 g/mol. The van der Waals surface area contributed by atoms with Gasteiger partial charge in [-0.1, -0.05) is 15.9 Å². The number of hydrogen-bond acceptors (Lipinski definition) is 4. The van der Waals surface area contributed by atoms with E-state index < -0.39 is 0 Å². The molecule has 2 rings (SSSR count). The summed E-state index contributed by atoms with van der Waals surface area (Å²) >= 11 is 3.33. The normalized spacial score (nSPS) is 10.1. The predicted octanol–water partition coefficient (Wildman–Crippen LogP) is 4.07. The van der Waals surface area contributed by atoms with Crippen molar-refractivity contribution in [2.75, 3.05) is 19.5 Å². The third kappa shape index (κ3) is 4.83. The zero-order chi connectivity index (χ0) is 17.5. The smallest absolute Gasteiger partial charge is 0.224 e. The first-order valence-electron chi connectivity index (χ1n) is 7.34. The molecule has 0 spiro atoms. The standard InChI is InChI=1S/C18H18BrNO4/c1-23-16-9-3-12(11-17(16)24-2)15(21)8-10-18(22)20-14-6-4-13(19)5-7-14/h3-7,9,11H,8,10H2,1-2H3,(H,20,22). The summed E-state index contributed by atoms with van der Waals surface area (Å²) in [6.45, 7) is 0. The molecule has 0 aliphatic carbocycles. The van der Waals surface area contributed by atoms with E-state index in [-0.39, 0.29) is 24.5 Å². The van der Waals surface area contributed by atoms with Crippen LogP contribution in [0.1, 0.15) is 23.2 Å². The topological polar surface area (TPSA) is 64.6 Å². The molecule has 0 aliphatic rings. The number of carbonyl (C=O) groups excluding carboxylic acids is 2. The zero-order valence-electron chi connectivity index (χ0n) is 13.5. The van der Waals surface area contributed by atoms with E-state index in [9.17, 15) is 9.59 Å². The fourth-order valence-electron chi connectivity index (χ4n) is 2.14. The van der Waals surface area contributed by atoms with Gasteiger partial charge in [-0.3, -0.25) is 9.59 Å². The molecule has 6 heteroatoms. The van der Waals surface area contributed by atoms with Gasteiger partial charge in [0.25, 0.3) is 0 Å². The van der Waals surface area contributed by atoms with Crippen molar-refractivity contribution in [3.05, 3.63) is 52.5 Å². The van der Waals surface area contributed by atoms with Gasteiger partial charge in [-0.15, -0.1) is 0 Å². The highest BCUT2D eigenvalue weighted by molar-refractivity contribution is 9.10. The number of benzene rings is 2. The van der Waals surface area contributed by atoms with E-state index >= 15 is 0 Å². The molecule has 0 aromatic heterocycles. The second-order valence-corrected chi connectivity index (χ2v) is 5.96. The van der Waals surface area contributed by atoms with Crippen molar-refractivity contribution in [2.45, 2.75) is 12.8 Å². The van der Waals surface area contributed by atoms with E-state index in [2.05, 4.69) is 21.2 Å². The van der Waals surface area contributed by atoms with Gasteiger partial charge in [-0.05, 0) is 42.5 Å². The summed E-state index contributed by atoms with van der Waals surface area (Å²) in [5.74, 6) is 0.720. The summed E-state index contributed by atoms with van der Waals surface area (Å²) in [6.07, 6.45) is 0.237. The van der Waals surface area contributed by atoms with E-state index in [1.165, 1.54) is 14.2 Å². The van der Waals surface area contributed by atoms with E-state index in [0.29, 0.717) is 22.7 Å². The van der Waals surface area contributed by atoms with Gasteiger partial charge in [0.1, 0.15) is 0 Å². The monoisotopic (exact) mass is 391 g/mol. The molecular formula is C18H18BrNO4. The number of amides is 1. The van der Waals surface area contributed by atoms with Gasteiger partial charge in [0.05, 0.1) is 14.2 Å². The first-order chi connectivity index (χ1) is 11.5. The van der Waals surface area contributed by atoms with Gasteiger partial charge in [0.2, 0.25) is 5.91 Å². The lowest BCUT2D eigenvalue weighted by atomic mass is 10.1. The number of carbonyl (C=O) groups is 2. The average Bonchev–Trinajstić information content (AvgIpc) is 2.61. The second-order valence-electron chi connectivity index (χ2n) is 5.05. The second kappa shape index (κ2) is 8.49. The molecule has 126 valence electrons. The molecule has 0 heterocycles. The minimum Gasteiger partial charge on any atom is -0.493 e. The van der Waals surface area contributed by atoms with Gasteiger partial charge in [-0.2, -0.15) is 0 Å². The maximum absolute atomic E-state index is 12.2. The van der Waals surface area contributed by atoms with Crippen molar-refractivity contribution in [1.82, 2.24) is 0 Å². The molecule has 0 bridgehead atoms. The van der Waals surface area contributed by atoms with Crippen molar-refractivity contribution in [3.63, 3.8) is 0 Å². The number of methoxy groups -OCH3 is 2. The number of halogens is 1. The lowest BCUT2D eigenvalue weighted by Crippen LogP contribution is -2.13. The maximum Gasteiger partial charge on any atom is 0.224 e. The van der Waals surface area contributed by atoms with Gasteiger partial charge in [0, 0.05) is 28.6 Å². The molecule has 0 atom stereocenters. The van der Waals surface area contributed by atoms with Crippen molar-refractivity contribution in [2.24, 2.45) is 0 Å². The Hall–Kier alpha value is -2.34. The number of ether oxygens (including phenoxy) is 2. The van der Waals surface area contributed by atoms with Crippen molar-refractivity contribution in [3.8, 4) is 11.5 Å². The summed E-state index contributed by atoms with van der Waals surface area (Å²) in [7, 11) is 3.05. The number of rotatable bonds is 7. The molecule has 1 amide bonds. The van der Waals surface area contributed by atoms with Gasteiger partial charge < -0.3 is 14.8 Å². The van der Waals surface area contributed by atoms with Crippen LogP contribution in [0.2, 0.25) is 0 Å². The quantitative estimate of drug-likeness (QED) is 0.722. The first-order valence-corrected chi connectivity index (χ1v) is 8.13. The number of ketones is 1. The van der Waals surface area contributed by atoms with Crippen LogP contribution < -0.4 is 14.8 Å². The highest BCUT2D eigenvalue weighted by Crippen LogP contribution is 2.28. The summed E-state index contributed by atoms with van der Waals surface area (Å²) in [5, 5.41) is 2.76. The van der Waals surface area contributed by atoms with Crippen LogP contribution in [0.15, 0.2) is 46.9 Å². The Morgan fingerprint density at radius 1 is 0.958 bits per heavy atom. The van der Waals surface area contributed by atoms with Crippen LogP contribution in [0.5, 0.6) is 11.5 Å². The molecule has 5 nitrogen and oxygen atoms in total. The number of anilines is 1. The molecule has 0 radical (unpaired) electrons. The van der Waals surface area contributed by atoms with E-state index in [1.54, 1.807) is 30.3 Å². The van der Waals surface area contributed by atoms with Crippen LogP contribution in [-0.2, 0) is 4.79 Å². The molecule has 0 fully saturated rings. The molecule has 0 saturated heterocycles. The zero-order valence-corrected chi connectivity index (χ0v) is 15.1. The fourth-order valence-corrected chi connectivity index (χ4v) is 2.40. The number of nitrogens with one attached hydrogen (secondary N) is 1. The Balaban J connectivity index is 1.92. The Kier molecular flexibility index (Phi) is 6.37. The minimum absolute atomic E-state index is 0.114. The average molecular weight is 392 g/mol. The third-order valence-corrected chi connectivity index (χ3v) is 3.94. The predicted molar refractivity (Wildman–Crippen MR) is 95.9 cm³/mol. The summed E-state index contributed by atoms with van der Waals surface area (Å²) in [6, 6.07) is 12.2. The van der Waals surface area contributed by atoms with Crippen LogP contribution in [0.4, 0.5) is 5.69 Å². The lowest BCUT2D eigenvalue weighted by Gasteiger charge is -2.09. The van der Waals surface area contributed by atoms with Crippen LogP contribution in [0, 0.1) is 0 Å². The third-order valence-electron chi connectivity index (χ3n) is 3.41. The molecule has 0 aliphatic heterocycles. The van der Waals surface area contributed by atoms with Crippen LogP contribution in [0.25, 0.3) is 0 Å². The van der Waals surface area contributed by atoms with Crippen LogP contribution in [-0.4, -0.2) is 25.9 Å². The summed E-state index contributed by atoms with van der Waals surface area (Å²) < 4.78 is 11.3. The van der Waals surface area contributed by atoms with E-state index in [4.69, 9.17) is 9.47 Å². The lowest BCUT2D eigenvalue weighted by molar-refractivity contribution is -0.116. The van der Waals surface area contributed by atoms with Gasteiger partial charge >= 0.3 is 0 Å². The highest BCUT2D eigenvalue weighted by Gasteiger charge is 2.12. The molecule has 1 N–H and O–H groups in total. The number of hydrogen-bond donors (Lipinski definition) is 1. The van der Waals surface area contributed by atoms with Crippen molar-refractivity contribution in [1.29, 1.82) is 0 Å². The fraction of sp³-hybridized carbons (Fsp3) is 0.222. The van der Waals surface area contributed by atoms with Gasteiger partial charge in [-0.25, -0.2) is 0 Å². The first kappa shape index (κ1) is 18.0. The Bertz CT molecular complexity index is 728. The SMILES string of the molecule is COc1ccc(C(=O)CCC(=O)Nc2ccc(Br)cc2)cc1OC. The molecule has 2 aromatic carbocycles. The highest BCUT2D eigenvalue weighted by atomic mass is 79.9. The Labute approximate surface area is 149 Å². The van der Waals surface area contributed by atoms with E-state index in [1.807, 2.05) is 12.1 Å². The molecule has 2 aromatic rings. The van der Waals surface area contributed by atoms with Crippen LogP contribution in [0.3, 0.4) is 0 Å². The van der Waals surface area contributed by atoms with E-state index in [0.717, 1.165) is 4.47 Å². The summed E-state index contributed by atoms with van der Waals surface area (Å²) in [5.41, 5.74) is 1.19. The van der Waals surface area contributed by atoms with Crippen molar-refractivity contribution >= 4 is 33.3 Å². The largest absolute Gasteiger partial charge is 0.493 e. The minimum atomic E-state index is -0.203. The Morgan fingerprint density at radius 2 is 1.62 bits per heavy atom. The summed E-state index contributed by atoms with van der Waals surface area (Å²) in [4.78, 5) is 24.2. The molecule has 0 saturated carbocycles. The molecule has 24 heavy (non-hydrogen) atoms. The maximum atomic E-state index is 12.2. The van der Waals surface area contributed by atoms with Gasteiger partial charge in [0.15, 0.2) is 17.3 Å². The van der Waals surface area contributed by atoms with Crippen LogP contribution >= 0.6 is 15.9 Å². The number of Topliss-reactive ketones (excluding diaryl/α,β-unsaturated/α-hetero) is 1. The Morgan fingerprint density at radius 3 is 2.25 bits per heavy atom. The van der Waals surface area contributed by atoms with Crippen molar-refractivity contribution < 1.29 is 19.1 Å².